The first-order valence-electron chi connectivity index (χ1n) is 7.58. The molecule has 0 aliphatic heterocycles. The molecule has 1 heterocycles. The van der Waals surface area contributed by atoms with Crippen molar-refractivity contribution in [1.29, 1.82) is 0 Å². The van der Waals surface area contributed by atoms with Crippen LogP contribution in [0.3, 0.4) is 0 Å². The Morgan fingerprint density at radius 1 is 1.38 bits per heavy atom. The Kier molecular flexibility index (Phi) is 4.45. The predicted molar refractivity (Wildman–Crippen MR) is 81.8 cm³/mol. The van der Waals surface area contributed by atoms with Crippen LogP contribution in [0.4, 0.5) is 0 Å². The number of hydrogen-bond donors (Lipinski definition) is 1. The van der Waals surface area contributed by atoms with Gasteiger partial charge in [0, 0.05) is 30.1 Å². The maximum Gasteiger partial charge on any atom is 0.224 e. The molecule has 4 heteroatoms. The highest BCUT2D eigenvalue weighted by Crippen LogP contribution is 2.46. The molecular weight excluding hydrogens is 264 g/mol. The number of nitrogens with one attached hydrogen (secondary N) is 1. The molecule has 1 aromatic rings. The average Bonchev–Trinajstić information content (AvgIpc) is 3.24. The number of carbonyl (C=O) groups is 2. The molecule has 0 radical (unpaired) electrons. The Morgan fingerprint density at radius 3 is 2.62 bits per heavy atom. The van der Waals surface area contributed by atoms with Gasteiger partial charge in [-0.1, -0.05) is 33.8 Å². The van der Waals surface area contributed by atoms with Crippen molar-refractivity contribution in [3.05, 3.63) is 30.1 Å². The van der Waals surface area contributed by atoms with Crippen LogP contribution >= 0.6 is 0 Å². The molecule has 1 unspecified atom stereocenters. The minimum absolute atomic E-state index is 0.0209. The number of amides is 1. The van der Waals surface area contributed by atoms with Gasteiger partial charge in [0.1, 0.15) is 0 Å². The van der Waals surface area contributed by atoms with Crippen LogP contribution in [0.15, 0.2) is 24.4 Å². The van der Waals surface area contributed by atoms with Gasteiger partial charge >= 0.3 is 0 Å². The van der Waals surface area contributed by atoms with Crippen LogP contribution in [0.1, 0.15) is 52.1 Å². The van der Waals surface area contributed by atoms with Gasteiger partial charge < -0.3 is 5.32 Å². The fraction of sp³-hybridized carbons (Fsp3) is 0.588. The van der Waals surface area contributed by atoms with E-state index in [1.54, 1.807) is 6.20 Å². The van der Waals surface area contributed by atoms with E-state index in [4.69, 9.17) is 0 Å². The third-order valence-corrected chi connectivity index (χ3v) is 4.02. The van der Waals surface area contributed by atoms with Crippen LogP contribution in [-0.2, 0) is 9.59 Å². The topological polar surface area (TPSA) is 59.1 Å². The molecule has 1 saturated carbocycles. The average molecular weight is 288 g/mol. The molecule has 1 fully saturated rings. The maximum absolute atomic E-state index is 12.4. The van der Waals surface area contributed by atoms with Gasteiger partial charge in [-0.2, -0.15) is 0 Å². The lowest BCUT2D eigenvalue weighted by molar-refractivity contribution is -0.130. The summed E-state index contributed by atoms with van der Waals surface area (Å²) in [7, 11) is 0. The molecular formula is C17H24N2O2. The molecule has 1 aromatic heterocycles. The number of rotatable bonds is 5. The van der Waals surface area contributed by atoms with E-state index in [2.05, 4.69) is 10.3 Å². The fourth-order valence-corrected chi connectivity index (χ4v) is 2.64. The second kappa shape index (κ2) is 5.96. The summed E-state index contributed by atoms with van der Waals surface area (Å²) in [4.78, 5) is 28.7. The van der Waals surface area contributed by atoms with Gasteiger partial charge in [-0.25, -0.2) is 0 Å². The van der Waals surface area contributed by atoms with Gasteiger partial charge in [-0.3, -0.25) is 14.6 Å². The molecule has 21 heavy (non-hydrogen) atoms. The Hall–Kier alpha value is -1.71. The van der Waals surface area contributed by atoms with Gasteiger partial charge in [0.15, 0.2) is 5.78 Å². The number of hydrogen-bond acceptors (Lipinski definition) is 3. The van der Waals surface area contributed by atoms with Crippen molar-refractivity contribution in [1.82, 2.24) is 10.3 Å². The molecule has 0 saturated heterocycles. The van der Waals surface area contributed by atoms with E-state index in [9.17, 15) is 9.59 Å². The summed E-state index contributed by atoms with van der Waals surface area (Å²) in [6.45, 7) is 7.78. The van der Waals surface area contributed by atoms with E-state index >= 15 is 0 Å². The highest BCUT2D eigenvalue weighted by Gasteiger charge is 2.46. The second-order valence-corrected chi connectivity index (χ2v) is 6.83. The molecule has 1 aliphatic rings. The van der Waals surface area contributed by atoms with E-state index in [0.29, 0.717) is 6.42 Å². The molecule has 1 aliphatic carbocycles. The van der Waals surface area contributed by atoms with E-state index < -0.39 is 6.04 Å². The highest BCUT2D eigenvalue weighted by molar-refractivity contribution is 5.91. The van der Waals surface area contributed by atoms with Crippen molar-refractivity contribution in [3.63, 3.8) is 0 Å². The molecule has 2 rings (SSSR count). The van der Waals surface area contributed by atoms with Crippen LogP contribution in [0.2, 0.25) is 0 Å². The molecule has 0 aromatic carbocycles. The Balaban J connectivity index is 2.00. The lowest BCUT2D eigenvalue weighted by atomic mass is 9.83. The summed E-state index contributed by atoms with van der Waals surface area (Å²) < 4.78 is 0. The Bertz CT molecular complexity index is 519. The van der Waals surface area contributed by atoms with Gasteiger partial charge in [0.05, 0.1) is 6.04 Å². The minimum Gasteiger partial charge on any atom is -0.346 e. The summed E-state index contributed by atoms with van der Waals surface area (Å²) in [5.74, 6) is 0.219. The van der Waals surface area contributed by atoms with Crippen molar-refractivity contribution in [2.24, 2.45) is 11.3 Å². The molecule has 1 N–H and O–H groups in total. The van der Waals surface area contributed by atoms with Crippen molar-refractivity contribution in [2.75, 3.05) is 0 Å². The number of pyridine rings is 1. The van der Waals surface area contributed by atoms with Crippen molar-refractivity contribution >= 4 is 11.7 Å². The van der Waals surface area contributed by atoms with Crippen molar-refractivity contribution in [2.45, 2.75) is 52.5 Å². The van der Waals surface area contributed by atoms with Gasteiger partial charge in [-0.15, -0.1) is 0 Å². The molecule has 3 atom stereocenters. The minimum atomic E-state index is -0.417. The normalized spacial score (nSPS) is 22.5. The van der Waals surface area contributed by atoms with Crippen LogP contribution in [0, 0.1) is 11.3 Å². The summed E-state index contributed by atoms with van der Waals surface area (Å²) in [6.07, 6.45) is 3.01. The molecule has 0 bridgehead atoms. The van der Waals surface area contributed by atoms with Gasteiger partial charge in [0.2, 0.25) is 5.91 Å². The zero-order chi connectivity index (χ0) is 15.6. The van der Waals surface area contributed by atoms with E-state index in [0.717, 1.165) is 12.1 Å². The summed E-state index contributed by atoms with van der Waals surface area (Å²) in [5.41, 5.74) is 0.699. The lowest BCUT2D eigenvalue weighted by Gasteiger charge is -2.30. The first kappa shape index (κ1) is 15.7. The number of aromatic nitrogens is 1. The Morgan fingerprint density at radius 2 is 2.10 bits per heavy atom. The third kappa shape index (κ3) is 3.69. The van der Waals surface area contributed by atoms with E-state index in [1.165, 1.54) is 0 Å². The van der Waals surface area contributed by atoms with Crippen LogP contribution < -0.4 is 5.32 Å². The van der Waals surface area contributed by atoms with Crippen molar-refractivity contribution < 1.29 is 9.59 Å². The molecule has 0 spiro atoms. The zero-order valence-electron chi connectivity index (χ0n) is 13.2. The van der Waals surface area contributed by atoms with Crippen LogP contribution in [0.25, 0.3) is 0 Å². The van der Waals surface area contributed by atoms with Crippen LogP contribution in [0.5, 0.6) is 0 Å². The SMILES string of the molecule is CCC(=O)C(NC(=O)[C@H]1C[C@H]1c1ccccn1)C(C)(C)C. The highest BCUT2D eigenvalue weighted by atomic mass is 16.2. The first-order chi connectivity index (χ1) is 9.84. The largest absolute Gasteiger partial charge is 0.346 e. The second-order valence-electron chi connectivity index (χ2n) is 6.83. The molecule has 1 amide bonds. The number of ketones is 1. The standard InChI is InChI=1S/C17H24N2O2/c1-5-14(20)15(17(2,3)4)19-16(21)12-10-11(12)13-8-6-7-9-18-13/h6-9,11-12,15H,5,10H2,1-4H3,(H,19,21)/t11-,12+,15?/m1/s1. The van der Waals surface area contributed by atoms with E-state index in [1.807, 2.05) is 45.9 Å². The number of carbonyl (C=O) groups excluding carboxylic acids is 2. The van der Waals surface area contributed by atoms with Gasteiger partial charge in [-0.05, 0) is 24.0 Å². The number of nitrogens with zero attached hydrogens (tertiary/aromatic N) is 1. The smallest absolute Gasteiger partial charge is 0.224 e. The first-order valence-corrected chi connectivity index (χ1v) is 7.58. The van der Waals surface area contributed by atoms with Crippen molar-refractivity contribution in [3.8, 4) is 0 Å². The zero-order valence-corrected chi connectivity index (χ0v) is 13.2. The molecule has 114 valence electrons. The summed E-state index contributed by atoms with van der Waals surface area (Å²) in [6, 6.07) is 5.35. The monoisotopic (exact) mass is 288 g/mol. The van der Waals surface area contributed by atoms with E-state index in [-0.39, 0.29) is 28.9 Å². The van der Waals surface area contributed by atoms with Gasteiger partial charge in [0.25, 0.3) is 0 Å². The molecule has 4 nitrogen and oxygen atoms in total. The number of Topliss-reactive ketones (excluding diaryl/α,β-unsaturated/α-hetero) is 1. The van der Waals surface area contributed by atoms with Crippen LogP contribution in [-0.4, -0.2) is 22.7 Å². The summed E-state index contributed by atoms with van der Waals surface area (Å²) in [5, 5.41) is 2.95. The lowest BCUT2D eigenvalue weighted by Crippen LogP contribution is -2.49. The predicted octanol–water partition coefficient (Wildman–Crippen LogP) is 2.70. The Labute approximate surface area is 126 Å². The quantitative estimate of drug-likeness (QED) is 0.906. The third-order valence-electron chi connectivity index (χ3n) is 4.02. The summed E-state index contributed by atoms with van der Waals surface area (Å²) >= 11 is 0. The maximum atomic E-state index is 12.4. The fourth-order valence-electron chi connectivity index (χ4n) is 2.64.